The summed E-state index contributed by atoms with van der Waals surface area (Å²) in [4.78, 5) is 66.6. The van der Waals surface area contributed by atoms with Gasteiger partial charge in [0.1, 0.15) is 36.1 Å². The Morgan fingerprint density at radius 2 is 1.67 bits per heavy atom. The maximum absolute atomic E-state index is 14.8. The van der Waals surface area contributed by atoms with Crippen LogP contribution >= 0.6 is 0 Å². The lowest BCUT2D eigenvalue weighted by Gasteiger charge is -2.38. The van der Waals surface area contributed by atoms with Crippen molar-refractivity contribution in [2.75, 3.05) is 14.2 Å². The van der Waals surface area contributed by atoms with Gasteiger partial charge in [0, 0.05) is 23.0 Å². The molecule has 3 fully saturated rings. The third-order valence-corrected chi connectivity index (χ3v) is 14.4. The van der Waals surface area contributed by atoms with Crippen LogP contribution in [0.2, 0.25) is 0 Å². The van der Waals surface area contributed by atoms with Crippen LogP contribution in [-0.2, 0) is 30.4 Å². The topological polar surface area (TPSA) is 202 Å². The Balaban J connectivity index is 0.976. The number of H-pyrrole nitrogens is 2. The van der Waals surface area contributed by atoms with Crippen molar-refractivity contribution in [3.63, 3.8) is 0 Å². The van der Waals surface area contributed by atoms with Crippen molar-refractivity contribution >= 4 is 45.7 Å². The van der Waals surface area contributed by atoms with Gasteiger partial charge in [-0.25, -0.2) is 19.8 Å². The Morgan fingerprint density at radius 3 is 2.39 bits per heavy atom. The molecule has 6 heterocycles. The number of imidazole rings is 2. The van der Waals surface area contributed by atoms with E-state index >= 15 is 0 Å². The van der Waals surface area contributed by atoms with Gasteiger partial charge in [-0.15, -0.1) is 0 Å². The van der Waals surface area contributed by atoms with E-state index in [0.29, 0.717) is 25.3 Å². The molecule has 4 aliphatic rings. The van der Waals surface area contributed by atoms with Crippen LogP contribution in [0.5, 0.6) is 5.75 Å². The van der Waals surface area contributed by atoms with Crippen molar-refractivity contribution in [3.8, 4) is 28.1 Å². The standard InChI is InChI=1S/C50H63N9O7/c1-9-33-13-17-40(59(33)48(61)43(56-49(51)63-7)31-18-27(5)66-28(6)19-31)46-53-37-15-12-29-21-36-34-14-11-30(20-32(34)24-65-41(36)22-35(29)44(37)55-46)38-23-52-45(54-38)39-16-10-26(4)58(39)47(60)42(25(2)3)57-50(62)64-8/h11-12,14-15,20-23,25-28,31,33,39-40,42-43H,9-10,13,16-19,24H2,1-8H3,(H2,51,56)(H,52,54)(H,53,55)(H,57,62). The number of likely N-dealkylation sites (tertiary alicyclic amines) is 2. The number of carbonyl (C=O) groups excluding carboxylic acids is 3. The molecule has 8 unspecified atom stereocenters. The van der Waals surface area contributed by atoms with E-state index in [2.05, 4.69) is 69.7 Å². The minimum atomic E-state index is -0.718. The molecule has 3 amide bonds. The molecule has 16 heteroatoms. The van der Waals surface area contributed by atoms with Crippen molar-refractivity contribution < 1.29 is 33.3 Å². The van der Waals surface area contributed by atoms with Crippen molar-refractivity contribution in [1.82, 2.24) is 35.1 Å². The van der Waals surface area contributed by atoms with Gasteiger partial charge >= 0.3 is 6.09 Å². The maximum atomic E-state index is 14.8. The fraction of sp³-hybridized carbons (Fsp3) is 0.520. The average molecular weight is 902 g/mol. The van der Waals surface area contributed by atoms with Crippen LogP contribution < -0.4 is 15.8 Å². The Morgan fingerprint density at radius 1 is 0.909 bits per heavy atom. The first-order valence-electron chi connectivity index (χ1n) is 23.6. The smallest absolute Gasteiger partial charge is 0.407 e. The zero-order valence-corrected chi connectivity index (χ0v) is 39.2. The molecule has 3 saturated heterocycles. The minimum Gasteiger partial charge on any atom is -0.488 e. The number of carbonyl (C=O) groups is 3. The number of fused-ring (bicyclic) bond motifs is 6. The lowest BCUT2D eigenvalue weighted by Crippen LogP contribution is -2.52. The zero-order valence-electron chi connectivity index (χ0n) is 39.2. The number of nitrogens with two attached hydrogens (primary N) is 1. The summed E-state index contributed by atoms with van der Waals surface area (Å²) >= 11 is 0. The first-order chi connectivity index (χ1) is 31.8. The lowest BCUT2D eigenvalue weighted by molar-refractivity contribution is -0.139. The van der Waals surface area contributed by atoms with Crippen molar-refractivity contribution in [2.45, 2.75) is 142 Å². The van der Waals surface area contributed by atoms with Gasteiger partial charge in [0.25, 0.3) is 6.02 Å². The normalized spacial score (nSPS) is 25.1. The number of aromatic nitrogens is 4. The highest BCUT2D eigenvalue weighted by atomic mass is 16.5. The number of ether oxygens (including phenoxy) is 4. The number of alkyl carbamates (subject to hydrolysis) is 1. The predicted octanol–water partition coefficient (Wildman–Crippen LogP) is 8.07. The molecule has 350 valence electrons. The van der Waals surface area contributed by atoms with Crippen molar-refractivity contribution in [2.24, 2.45) is 22.6 Å². The highest BCUT2D eigenvalue weighted by Gasteiger charge is 2.45. The molecule has 66 heavy (non-hydrogen) atoms. The number of rotatable bonds is 10. The molecule has 0 bridgehead atoms. The number of hydrogen-bond donors (Lipinski definition) is 4. The van der Waals surface area contributed by atoms with Crippen LogP contribution in [0.4, 0.5) is 4.79 Å². The number of amidine groups is 1. The van der Waals surface area contributed by atoms with Crippen LogP contribution in [0.3, 0.4) is 0 Å². The van der Waals surface area contributed by atoms with Crippen LogP contribution in [0.15, 0.2) is 53.7 Å². The monoisotopic (exact) mass is 901 g/mol. The van der Waals surface area contributed by atoms with Crippen LogP contribution in [0.1, 0.15) is 116 Å². The van der Waals surface area contributed by atoms with E-state index in [4.69, 9.17) is 34.6 Å². The van der Waals surface area contributed by atoms with E-state index in [1.54, 1.807) is 0 Å². The zero-order chi connectivity index (χ0) is 46.6. The van der Waals surface area contributed by atoms with E-state index < -0.39 is 18.2 Å². The molecule has 9 rings (SSSR count). The molecule has 5 N–H and O–H groups in total. The average Bonchev–Trinajstić information content (AvgIpc) is 4.13. The molecule has 0 spiro atoms. The summed E-state index contributed by atoms with van der Waals surface area (Å²) in [5, 5.41) is 4.73. The fourth-order valence-electron chi connectivity index (χ4n) is 11.1. The highest BCUT2D eigenvalue weighted by molar-refractivity contribution is 6.07. The van der Waals surface area contributed by atoms with E-state index in [-0.39, 0.29) is 66.0 Å². The molecular weight excluding hydrogens is 839 g/mol. The number of nitrogens with zero attached hydrogens (tertiary/aromatic N) is 5. The summed E-state index contributed by atoms with van der Waals surface area (Å²) in [5.74, 6) is 1.89. The number of aliphatic imine (C=N–C) groups is 1. The summed E-state index contributed by atoms with van der Waals surface area (Å²) < 4.78 is 22.6. The number of benzene rings is 3. The second-order valence-electron chi connectivity index (χ2n) is 19.0. The molecule has 0 radical (unpaired) electrons. The first-order valence-corrected chi connectivity index (χ1v) is 23.6. The highest BCUT2D eigenvalue weighted by Crippen LogP contribution is 2.45. The SMILES string of the molecule is CCC1CCC(c2nc3c(ccc4cc5c(cc43)OCc3cc(-c4cnc(C6CCC(C)N6C(=O)C(NC(=O)OC)C(C)C)[nH]4)ccc3-5)[nH]2)N1C(=O)C(N=C(N)OC)C1CC(C)OC(C)C1. The number of amides is 3. The van der Waals surface area contributed by atoms with Crippen LogP contribution in [-0.4, -0.2) is 104 Å². The van der Waals surface area contributed by atoms with Gasteiger partial charge < -0.3 is 49.8 Å². The fourth-order valence-corrected chi connectivity index (χ4v) is 11.1. The molecular formula is C50H63N9O7. The summed E-state index contributed by atoms with van der Waals surface area (Å²) in [5.41, 5.74) is 12.8. The summed E-state index contributed by atoms with van der Waals surface area (Å²) in [6, 6.07) is 12.9. The number of hydrogen-bond acceptors (Lipinski definition) is 10. The molecule has 2 aromatic heterocycles. The third kappa shape index (κ3) is 8.32. The third-order valence-electron chi connectivity index (χ3n) is 14.4. The molecule has 5 aromatic rings. The van der Waals surface area contributed by atoms with E-state index in [9.17, 15) is 14.4 Å². The Kier molecular flexibility index (Phi) is 12.5. The van der Waals surface area contributed by atoms with Crippen molar-refractivity contribution in [1.29, 1.82) is 0 Å². The molecule has 0 saturated carbocycles. The predicted molar refractivity (Wildman–Crippen MR) is 251 cm³/mol. The Labute approximate surface area is 385 Å². The second kappa shape index (κ2) is 18.3. The largest absolute Gasteiger partial charge is 0.488 e. The molecule has 3 aromatic carbocycles. The van der Waals surface area contributed by atoms with Gasteiger partial charge in [-0.05, 0) is 124 Å². The summed E-state index contributed by atoms with van der Waals surface area (Å²) in [6.07, 6.45) is 6.66. The van der Waals surface area contributed by atoms with E-state index in [1.165, 1.54) is 14.2 Å². The minimum absolute atomic E-state index is 0.00457. The van der Waals surface area contributed by atoms with E-state index in [1.807, 2.05) is 50.6 Å². The molecule has 16 nitrogen and oxygen atoms in total. The van der Waals surface area contributed by atoms with Gasteiger partial charge in [0.15, 0.2) is 0 Å². The van der Waals surface area contributed by atoms with Gasteiger partial charge in [0.2, 0.25) is 11.8 Å². The van der Waals surface area contributed by atoms with Crippen LogP contribution in [0, 0.1) is 11.8 Å². The van der Waals surface area contributed by atoms with Gasteiger partial charge in [-0.2, -0.15) is 0 Å². The van der Waals surface area contributed by atoms with Gasteiger partial charge in [0.05, 0.1) is 61.4 Å². The Bertz CT molecular complexity index is 2660. The summed E-state index contributed by atoms with van der Waals surface area (Å²) in [7, 11) is 2.78. The second-order valence-corrected chi connectivity index (χ2v) is 19.0. The molecule has 8 atom stereocenters. The first kappa shape index (κ1) is 45.0. The van der Waals surface area contributed by atoms with Gasteiger partial charge in [-0.3, -0.25) is 9.59 Å². The molecule has 0 aliphatic carbocycles. The quantitative estimate of drug-likeness (QED) is 0.0784. The molecule has 4 aliphatic heterocycles. The summed E-state index contributed by atoms with van der Waals surface area (Å²) in [6.45, 7) is 12.5. The number of aromatic amines is 2. The number of nitrogens with one attached hydrogen (secondary N) is 3. The van der Waals surface area contributed by atoms with Gasteiger partial charge in [-0.1, -0.05) is 39.0 Å². The van der Waals surface area contributed by atoms with Crippen molar-refractivity contribution in [3.05, 3.63) is 65.9 Å². The number of methoxy groups -OCH3 is 2. The van der Waals surface area contributed by atoms with Crippen LogP contribution in [0.25, 0.3) is 44.2 Å². The van der Waals surface area contributed by atoms with E-state index in [0.717, 1.165) is 93.4 Å². The lowest BCUT2D eigenvalue weighted by atomic mass is 9.85. The Hall–Kier alpha value is -6.16. The maximum Gasteiger partial charge on any atom is 0.407 e.